The van der Waals surface area contributed by atoms with Gasteiger partial charge in [0.1, 0.15) is 0 Å². The zero-order valence-corrected chi connectivity index (χ0v) is 16.1. The topological polar surface area (TPSA) is 91.2 Å². The van der Waals surface area contributed by atoms with Gasteiger partial charge in [-0.15, -0.1) is 5.10 Å². The number of nitrogens with one attached hydrogen (secondary N) is 1. The van der Waals surface area contributed by atoms with Crippen molar-refractivity contribution in [3.05, 3.63) is 23.8 Å². The molecule has 1 N–H and O–H groups in total. The number of hydrogen-bond acceptors (Lipinski definition) is 7. The Bertz CT molecular complexity index is 806. The molecule has 1 aromatic carbocycles. The van der Waals surface area contributed by atoms with Crippen LogP contribution in [0, 0.1) is 0 Å². The van der Waals surface area contributed by atoms with E-state index < -0.39 is 0 Å². The molecule has 1 fully saturated rings. The van der Waals surface area contributed by atoms with Crippen LogP contribution in [0.15, 0.2) is 23.4 Å². The predicted octanol–water partition coefficient (Wildman–Crippen LogP) is 2.70. The summed E-state index contributed by atoms with van der Waals surface area (Å²) in [6.07, 6.45) is 5.90. The number of amides is 1. The molecule has 1 saturated carbocycles. The Balaban J connectivity index is 1.32. The van der Waals surface area contributed by atoms with E-state index in [2.05, 4.69) is 20.8 Å². The molecule has 0 bridgehead atoms. The maximum Gasteiger partial charge on any atom is 0.233 e. The largest absolute Gasteiger partial charge is 0.454 e. The second-order valence-corrected chi connectivity index (χ2v) is 8.17. The van der Waals surface area contributed by atoms with Crippen LogP contribution in [0.2, 0.25) is 0 Å². The molecule has 0 radical (unpaired) electrons. The molecular formula is C18H23N5O3S. The van der Waals surface area contributed by atoms with Crippen molar-refractivity contribution in [2.45, 2.75) is 62.0 Å². The van der Waals surface area contributed by atoms with Crippen molar-refractivity contribution >= 4 is 17.7 Å². The maximum absolute atomic E-state index is 12.5. The first kappa shape index (κ1) is 18.1. The zero-order chi connectivity index (χ0) is 18.6. The molecule has 2 aromatic rings. The van der Waals surface area contributed by atoms with E-state index in [-0.39, 0.29) is 18.0 Å². The maximum atomic E-state index is 12.5. The molecule has 0 unspecified atom stereocenters. The smallest absolute Gasteiger partial charge is 0.233 e. The lowest BCUT2D eigenvalue weighted by Crippen LogP contribution is -2.30. The fourth-order valence-electron chi connectivity index (χ4n) is 3.41. The number of aromatic nitrogens is 4. The molecule has 2 aliphatic rings. The van der Waals surface area contributed by atoms with Gasteiger partial charge in [0.05, 0.1) is 11.3 Å². The summed E-state index contributed by atoms with van der Waals surface area (Å²) in [5.41, 5.74) is 0.969. The van der Waals surface area contributed by atoms with Crippen LogP contribution in [-0.4, -0.2) is 38.2 Å². The van der Waals surface area contributed by atoms with Crippen molar-refractivity contribution in [2.24, 2.45) is 0 Å². The molecule has 4 rings (SSSR count). The first-order chi connectivity index (χ1) is 13.2. The summed E-state index contributed by atoms with van der Waals surface area (Å²) in [6.45, 7) is 2.56. The van der Waals surface area contributed by atoms with Crippen LogP contribution in [0.5, 0.6) is 11.5 Å². The van der Waals surface area contributed by atoms with Crippen molar-refractivity contribution in [2.75, 3.05) is 6.79 Å². The summed E-state index contributed by atoms with van der Waals surface area (Å²) in [5, 5.41) is 15.5. The molecule has 1 aliphatic heterocycles. The lowest BCUT2D eigenvalue weighted by atomic mass is 9.96. The number of ether oxygens (including phenoxy) is 2. The highest BCUT2D eigenvalue weighted by molar-refractivity contribution is 8.00. The SMILES string of the molecule is C[C@H](Sc1nnnn1C1CCCCC1)C(=O)NCc1ccc2c(c1)OCO2. The van der Waals surface area contributed by atoms with Crippen LogP contribution in [0.25, 0.3) is 0 Å². The first-order valence-electron chi connectivity index (χ1n) is 9.31. The van der Waals surface area contributed by atoms with Gasteiger partial charge in [-0.25, -0.2) is 4.68 Å². The third-order valence-electron chi connectivity index (χ3n) is 4.94. The van der Waals surface area contributed by atoms with E-state index in [0.29, 0.717) is 17.7 Å². The van der Waals surface area contributed by atoms with Crippen LogP contribution in [0.4, 0.5) is 0 Å². The van der Waals surface area contributed by atoms with E-state index in [1.54, 1.807) is 0 Å². The molecule has 144 valence electrons. The van der Waals surface area contributed by atoms with Gasteiger partial charge < -0.3 is 14.8 Å². The molecule has 0 saturated heterocycles. The predicted molar refractivity (Wildman–Crippen MR) is 99.7 cm³/mol. The Morgan fingerprint density at radius 3 is 2.96 bits per heavy atom. The second-order valence-electron chi connectivity index (χ2n) is 6.86. The number of fused-ring (bicyclic) bond motifs is 1. The van der Waals surface area contributed by atoms with Crippen molar-refractivity contribution in [1.29, 1.82) is 0 Å². The van der Waals surface area contributed by atoms with Gasteiger partial charge in [0.2, 0.25) is 17.9 Å². The number of tetrazole rings is 1. The molecule has 2 heterocycles. The lowest BCUT2D eigenvalue weighted by Gasteiger charge is -2.22. The molecule has 1 aliphatic carbocycles. The summed E-state index contributed by atoms with van der Waals surface area (Å²) < 4.78 is 12.6. The summed E-state index contributed by atoms with van der Waals surface area (Å²) in [4.78, 5) is 12.5. The van der Waals surface area contributed by atoms with E-state index in [9.17, 15) is 4.79 Å². The van der Waals surface area contributed by atoms with Gasteiger partial charge in [0.15, 0.2) is 11.5 Å². The minimum atomic E-state index is -0.285. The fraction of sp³-hybridized carbons (Fsp3) is 0.556. The lowest BCUT2D eigenvalue weighted by molar-refractivity contribution is -0.120. The van der Waals surface area contributed by atoms with Crippen LogP contribution in [0.1, 0.15) is 50.6 Å². The van der Waals surface area contributed by atoms with E-state index in [4.69, 9.17) is 9.47 Å². The van der Waals surface area contributed by atoms with E-state index in [1.165, 1.54) is 31.0 Å². The third kappa shape index (κ3) is 4.18. The highest BCUT2D eigenvalue weighted by atomic mass is 32.2. The van der Waals surface area contributed by atoms with Gasteiger partial charge >= 0.3 is 0 Å². The van der Waals surface area contributed by atoms with Crippen molar-refractivity contribution < 1.29 is 14.3 Å². The molecule has 1 amide bonds. The molecule has 9 heteroatoms. The second kappa shape index (κ2) is 8.16. The molecular weight excluding hydrogens is 366 g/mol. The minimum absolute atomic E-state index is 0.0455. The van der Waals surface area contributed by atoms with Crippen LogP contribution >= 0.6 is 11.8 Å². The number of carbonyl (C=O) groups is 1. The van der Waals surface area contributed by atoms with Gasteiger partial charge in [-0.3, -0.25) is 4.79 Å². The van der Waals surface area contributed by atoms with Gasteiger partial charge in [0.25, 0.3) is 0 Å². The van der Waals surface area contributed by atoms with E-state index in [0.717, 1.165) is 29.9 Å². The van der Waals surface area contributed by atoms with Crippen molar-refractivity contribution in [3.8, 4) is 11.5 Å². The molecule has 1 aromatic heterocycles. The quantitative estimate of drug-likeness (QED) is 0.760. The Kier molecular flexibility index (Phi) is 5.47. The van der Waals surface area contributed by atoms with Crippen molar-refractivity contribution in [3.63, 3.8) is 0 Å². The fourth-order valence-corrected chi connectivity index (χ4v) is 4.30. The normalized spacial score (nSPS) is 17.7. The summed E-state index contributed by atoms with van der Waals surface area (Å²) in [7, 11) is 0. The van der Waals surface area contributed by atoms with Crippen molar-refractivity contribution in [1.82, 2.24) is 25.5 Å². The highest BCUT2D eigenvalue weighted by Gasteiger charge is 2.24. The number of hydrogen-bond donors (Lipinski definition) is 1. The summed E-state index contributed by atoms with van der Waals surface area (Å²) >= 11 is 1.40. The van der Waals surface area contributed by atoms with Gasteiger partial charge in [-0.1, -0.05) is 37.1 Å². The number of benzene rings is 1. The van der Waals surface area contributed by atoms with E-state index in [1.807, 2.05) is 29.8 Å². The standard InChI is InChI=1S/C18H23N5O3S/c1-12(27-18-20-21-22-23(18)14-5-3-2-4-6-14)17(24)19-10-13-7-8-15-16(9-13)26-11-25-15/h7-9,12,14H,2-6,10-11H2,1H3,(H,19,24)/t12-/m0/s1. The van der Waals surface area contributed by atoms with Crippen LogP contribution in [0.3, 0.4) is 0 Å². The van der Waals surface area contributed by atoms with Crippen LogP contribution < -0.4 is 14.8 Å². The Hall–Kier alpha value is -2.29. The highest BCUT2D eigenvalue weighted by Crippen LogP contribution is 2.33. The third-order valence-corrected chi connectivity index (χ3v) is 5.99. The number of rotatable bonds is 6. The average Bonchev–Trinajstić information content (AvgIpc) is 3.35. The molecule has 8 nitrogen and oxygen atoms in total. The Labute approximate surface area is 162 Å². The summed E-state index contributed by atoms with van der Waals surface area (Å²) in [6, 6.07) is 6.03. The Morgan fingerprint density at radius 1 is 1.30 bits per heavy atom. The monoisotopic (exact) mass is 389 g/mol. The van der Waals surface area contributed by atoms with E-state index >= 15 is 0 Å². The molecule has 27 heavy (non-hydrogen) atoms. The number of carbonyl (C=O) groups excluding carboxylic acids is 1. The average molecular weight is 389 g/mol. The summed E-state index contributed by atoms with van der Waals surface area (Å²) in [5.74, 6) is 1.41. The zero-order valence-electron chi connectivity index (χ0n) is 15.3. The van der Waals surface area contributed by atoms with Gasteiger partial charge in [0, 0.05) is 6.54 Å². The molecule has 0 spiro atoms. The number of nitrogens with zero attached hydrogens (tertiary/aromatic N) is 4. The molecule has 1 atom stereocenters. The van der Waals surface area contributed by atoms with Crippen LogP contribution in [-0.2, 0) is 11.3 Å². The minimum Gasteiger partial charge on any atom is -0.454 e. The van der Waals surface area contributed by atoms with Gasteiger partial charge in [-0.2, -0.15) is 0 Å². The van der Waals surface area contributed by atoms with Gasteiger partial charge in [-0.05, 0) is 47.9 Å². The Morgan fingerprint density at radius 2 is 2.11 bits per heavy atom. The number of thioether (sulfide) groups is 1. The first-order valence-corrected chi connectivity index (χ1v) is 10.2.